The Morgan fingerprint density at radius 3 is 2.88 bits per heavy atom. The van der Waals surface area contributed by atoms with E-state index in [2.05, 4.69) is 26.1 Å². The van der Waals surface area contributed by atoms with E-state index in [1.807, 2.05) is 0 Å². The van der Waals surface area contributed by atoms with Gasteiger partial charge in [-0.2, -0.15) is 0 Å². The third-order valence-corrected chi connectivity index (χ3v) is 4.02. The molecule has 0 aromatic heterocycles. The Morgan fingerprint density at radius 2 is 2.12 bits per heavy atom. The monoisotopic (exact) mass is 225 g/mol. The van der Waals surface area contributed by atoms with Gasteiger partial charge in [0.05, 0.1) is 11.7 Å². The lowest BCUT2D eigenvalue weighted by atomic mass is 9.76. The number of rotatable bonds is 0. The number of nitrogens with one attached hydrogen (secondary N) is 1. The van der Waals surface area contributed by atoms with Crippen LogP contribution in [0.3, 0.4) is 0 Å². The van der Waals surface area contributed by atoms with Crippen LogP contribution in [0.25, 0.3) is 0 Å². The molecule has 0 aliphatic carbocycles. The predicted molar refractivity (Wildman–Crippen MR) is 63.1 cm³/mol. The van der Waals surface area contributed by atoms with Crippen LogP contribution < -0.4 is 5.32 Å². The van der Waals surface area contributed by atoms with Crippen LogP contribution in [0, 0.1) is 11.8 Å². The van der Waals surface area contributed by atoms with Gasteiger partial charge in [-0.15, -0.1) is 0 Å². The van der Waals surface area contributed by atoms with Gasteiger partial charge in [-0.05, 0) is 44.9 Å². The zero-order valence-corrected chi connectivity index (χ0v) is 10.6. The number of carbonyl (C=O) groups excluding carboxylic acids is 1. The number of hydrogen-bond donors (Lipinski definition) is 1. The van der Waals surface area contributed by atoms with Gasteiger partial charge in [0.25, 0.3) is 0 Å². The zero-order valence-electron chi connectivity index (χ0n) is 10.6. The fourth-order valence-electron chi connectivity index (χ4n) is 3.05. The van der Waals surface area contributed by atoms with Crippen molar-refractivity contribution in [3.05, 3.63) is 0 Å². The highest BCUT2D eigenvalue weighted by Gasteiger charge is 2.39. The average Bonchev–Trinajstić information content (AvgIpc) is 2.14. The second-order valence-electron chi connectivity index (χ2n) is 5.94. The summed E-state index contributed by atoms with van der Waals surface area (Å²) >= 11 is 0. The summed E-state index contributed by atoms with van der Waals surface area (Å²) < 4.78 is 6.17. The van der Waals surface area contributed by atoms with Crippen LogP contribution in [0.15, 0.2) is 0 Å². The Balaban J connectivity index is 2.07. The minimum atomic E-state index is 0.0179. The molecule has 3 unspecified atom stereocenters. The summed E-state index contributed by atoms with van der Waals surface area (Å²) in [5.74, 6) is 1.22. The van der Waals surface area contributed by atoms with Gasteiger partial charge in [-0.25, -0.2) is 0 Å². The maximum absolute atomic E-state index is 11.5. The van der Waals surface area contributed by atoms with Crippen molar-refractivity contribution in [3.63, 3.8) is 0 Å². The number of hydrogen-bond acceptors (Lipinski definition) is 2. The third kappa shape index (κ3) is 2.57. The molecule has 2 heterocycles. The molecule has 0 spiro atoms. The standard InChI is InChI=1S/C13H23NO2/c1-9-8-12(15)14-7-5-11-10(9)4-6-13(2,3)16-11/h9-11H,4-8H2,1-3H3,(H,14,15). The first-order chi connectivity index (χ1) is 7.48. The minimum Gasteiger partial charge on any atom is -0.372 e. The van der Waals surface area contributed by atoms with E-state index in [4.69, 9.17) is 4.74 Å². The first-order valence-corrected chi connectivity index (χ1v) is 6.42. The van der Waals surface area contributed by atoms with E-state index in [1.54, 1.807) is 0 Å². The summed E-state index contributed by atoms with van der Waals surface area (Å²) in [5.41, 5.74) is 0.0179. The highest BCUT2D eigenvalue weighted by atomic mass is 16.5. The smallest absolute Gasteiger partial charge is 0.220 e. The molecule has 0 bridgehead atoms. The van der Waals surface area contributed by atoms with Crippen molar-refractivity contribution < 1.29 is 9.53 Å². The molecule has 0 radical (unpaired) electrons. The second kappa shape index (κ2) is 4.36. The molecule has 1 N–H and O–H groups in total. The first kappa shape index (κ1) is 11.9. The molecule has 0 aromatic carbocycles. The van der Waals surface area contributed by atoms with Crippen molar-refractivity contribution in [2.45, 2.75) is 58.2 Å². The van der Waals surface area contributed by atoms with Crippen molar-refractivity contribution in [1.29, 1.82) is 0 Å². The highest BCUT2D eigenvalue weighted by molar-refractivity contribution is 5.76. The lowest BCUT2D eigenvalue weighted by Gasteiger charge is -2.44. The Kier molecular flexibility index (Phi) is 3.24. The Morgan fingerprint density at radius 1 is 1.38 bits per heavy atom. The summed E-state index contributed by atoms with van der Waals surface area (Å²) in [5, 5.41) is 2.96. The van der Waals surface area contributed by atoms with Crippen LogP contribution in [0.1, 0.15) is 46.5 Å². The van der Waals surface area contributed by atoms with Gasteiger partial charge in [0.2, 0.25) is 5.91 Å². The van der Waals surface area contributed by atoms with Crippen LogP contribution in [0.4, 0.5) is 0 Å². The molecule has 92 valence electrons. The number of amides is 1. The lowest BCUT2D eigenvalue weighted by molar-refractivity contribution is -0.152. The van der Waals surface area contributed by atoms with Gasteiger partial charge in [0.1, 0.15) is 0 Å². The summed E-state index contributed by atoms with van der Waals surface area (Å²) in [6.45, 7) is 7.30. The maximum Gasteiger partial charge on any atom is 0.220 e. The van der Waals surface area contributed by atoms with Crippen molar-refractivity contribution in [3.8, 4) is 0 Å². The molecule has 2 rings (SSSR count). The molecule has 3 atom stereocenters. The van der Waals surface area contributed by atoms with Crippen LogP contribution in [0.2, 0.25) is 0 Å². The number of fused-ring (bicyclic) bond motifs is 1. The quantitative estimate of drug-likeness (QED) is 0.685. The van der Waals surface area contributed by atoms with Gasteiger partial charge >= 0.3 is 0 Å². The third-order valence-electron chi connectivity index (χ3n) is 4.02. The number of ether oxygens (including phenoxy) is 1. The Hall–Kier alpha value is -0.570. The van der Waals surface area contributed by atoms with Gasteiger partial charge in [-0.1, -0.05) is 6.92 Å². The molecule has 2 saturated heterocycles. The van der Waals surface area contributed by atoms with E-state index < -0.39 is 0 Å². The van der Waals surface area contributed by atoms with E-state index in [9.17, 15) is 4.79 Å². The fourth-order valence-corrected chi connectivity index (χ4v) is 3.05. The first-order valence-electron chi connectivity index (χ1n) is 6.42. The zero-order chi connectivity index (χ0) is 11.8. The van der Waals surface area contributed by atoms with Crippen LogP contribution in [-0.4, -0.2) is 24.2 Å². The molecule has 16 heavy (non-hydrogen) atoms. The normalized spacial score (nSPS) is 39.2. The summed E-state index contributed by atoms with van der Waals surface area (Å²) in [6.07, 6.45) is 4.26. The lowest BCUT2D eigenvalue weighted by Crippen LogP contribution is -2.47. The van der Waals surface area contributed by atoms with E-state index in [1.165, 1.54) is 6.42 Å². The van der Waals surface area contributed by atoms with Crippen molar-refractivity contribution in [1.82, 2.24) is 5.32 Å². The van der Waals surface area contributed by atoms with Crippen LogP contribution in [-0.2, 0) is 9.53 Å². The van der Waals surface area contributed by atoms with Gasteiger partial charge in [0.15, 0.2) is 0 Å². The molecule has 3 heteroatoms. The molecule has 1 amide bonds. The Bertz CT molecular complexity index is 275. The molecule has 3 nitrogen and oxygen atoms in total. The fraction of sp³-hybridized carbons (Fsp3) is 0.923. The molecule has 0 saturated carbocycles. The van der Waals surface area contributed by atoms with Crippen molar-refractivity contribution in [2.24, 2.45) is 11.8 Å². The second-order valence-corrected chi connectivity index (χ2v) is 5.94. The minimum absolute atomic E-state index is 0.0179. The van der Waals surface area contributed by atoms with Crippen LogP contribution >= 0.6 is 0 Å². The molecule has 0 aromatic rings. The molecule has 2 aliphatic rings. The van der Waals surface area contributed by atoms with E-state index in [0.29, 0.717) is 24.4 Å². The predicted octanol–water partition coefficient (Wildman–Crippen LogP) is 2.11. The highest BCUT2D eigenvalue weighted by Crippen LogP contribution is 2.38. The van der Waals surface area contributed by atoms with E-state index in [0.717, 1.165) is 19.4 Å². The number of carbonyl (C=O) groups is 1. The van der Waals surface area contributed by atoms with Gasteiger partial charge in [-0.3, -0.25) is 4.79 Å². The Labute approximate surface area is 97.9 Å². The summed E-state index contributed by atoms with van der Waals surface area (Å²) in [4.78, 5) is 11.5. The molecular weight excluding hydrogens is 202 g/mol. The van der Waals surface area contributed by atoms with Crippen molar-refractivity contribution in [2.75, 3.05) is 6.54 Å². The molecule has 2 fully saturated rings. The summed E-state index contributed by atoms with van der Waals surface area (Å²) in [6, 6.07) is 0. The average molecular weight is 225 g/mol. The molecule has 2 aliphatic heterocycles. The van der Waals surface area contributed by atoms with Crippen molar-refractivity contribution >= 4 is 5.91 Å². The van der Waals surface area contributed by atoms with E-state index >= 15 is 0 Å². The molecular formula is C13H23NO2. The SMILES string of the molecule is CC1CC(=O)NCCC2OC(C)(C)CCC12. The maximum atomic E-state index is 11.5. The van der Waals surface area contributed by atoms with Gasteiger partial charge < -0.3 is 10.1 Å². The van der Waals surface area contributed by atoms with E-state index in [-0.39, 0.29) is 11.5 Å². The van der Waals surface area contributed by atoms with Crippen LogP contribution in [0.5, 0.6) is 0 Å². The topological polar surface area (TPSA) is 38.3 Å². The largest absolute Gasteiger partial charge is 0.372 e. The summed E-state index contributed by atoms with van der Waals surface area (Å²) in [7, 11) is 0. The van der Waals surface area contributed by atoms with Gasteiger partial charge in [0, 0.05) is 13.0 Å².